The maximum absolute atomic E-state index is 10.4. The summed E-state index contributed by atoms with van der Waals surface area (Å²) in [5.41, 5.74) is -0.354. The van der Waals surface area contributed by atoms with E-state index in [4.69, 9.17) is 4.74 Å². The van der Waals surface area contributed by atoms with E-state index in [1.807, 2.05) is 11.4 Å². The summed E-state index contributed by atoms with van der Waals surface area (Å²) >= 11 is 5.04. The van der Waals surface area contributed by atoms with Gasteiger partial charge in [0.2, 0.25) is 0 Å². The highest BCUT2D eigenvalue weighted by Gasteiger charge is 2.42. The van der Waals surface area contributed by atoms with Crippen molar-refractivity contribution in [1.82, 2.24) is 0 Å². The zero-order valence-corrected chi connectivity index (χ0v) is 11.1. The van der Waals surface area contributed by atoms with Gasteiger partial charge in [0.25, 0.3) is 0 Å². The minimum absolute atomic E-state index is 0.354. The average molecular weight is 291 g/mol. The second-order valence-corrected chi connectivity index (χ2v) is 5.81. The van der Waals surface area contributed by atoms with E-state index in [0.29, 0.717) is 0 Å². The van der Waals surface area contributed by atoms with Crippen LogP contribution in [0.2, 0.25) is 0 Å². The summed E-state index contributed by atoms with van der Waals surface area (Å²) in [6, 6.07) is 1.97. The molecular weight excluding hydrogens is 276 g/mol. The Morgan fingerprint density at radius 1 is 1.53 bits per heavy atom. The molecule has 15 heavy (non-hydrogen) atoms. The molecular formula is C11H15BrO2S. The van der Waals surface area contributed by atoms with Gasteiger partial charge in [-0.15, -0.1) is 11.3 Å². The van der Waals surface area contributed by atoms with Gasteiger partial charge in [-0.25, -0.2) is 0 Å². The molecule has 2 nitrogen and oxygen atoms in total. The van der Waals surface area contributed by atoms with E-state index in [-0.39, 0.29) is 5.60 Å². The van der Waals surface area contributed by atoms with Gasteiger partial charge in [0.1, 0.15) is 6.10 Å². The first-order valence-electron chi connectivity index (χ1n) is 5.16. The summed E-state index contributed by atoms with van der Waals surface area (Å²) in [5, 5.41) is 12.4. The molecule has 1 fully saturated rings. The monoisotopic (exact) mass is 290 g/mol. The molecule has 1 heterocycles. The molecule has 1 atom stereocenters. The van der Waals surface area contributed by atoms with E-state index in [0.717, 1.165) is 35.0 Å². The molecule has 1 N–H and O–H groups in total. The lowest BCUT2D eigenvalue weighted by Crippen LogP contribution is -2.35. The Morgan fingerprint density at radius 2 is 2.20 bits per heavy atom. The number of hydrogen-bond donors (Lipinski definition) is 1. The fourth-order valence-electron chi connectivity index (χ4n) is 2.30. The van der Waals surface area contributed by atoms with Gasteiger partial charge >= 0.3 is 0 Å². The maximum Gasteiger partial charge on any atom is 0.118 e. The van der Waals surface area contributed by atoms with E-state index < -0.39 is 6.10 Å². The van der Waals surface area contributed by atoms with Crippen molar-refractivity contribution in [3.05, 3.63) is 20.8 Å². The van der Waals surface area contributed by atoms with Crippen LogP contribution in [0.25, 0.3) is 0 Å². The lowest BCUT2D eigenvalue weighted by Gasteiger charge is -2.32. The lowest BCUT2D eigenvalue weighted by atomic mass is 9.93. The summed E-state index contributed by atoms with van der Waals surface area (Å²) in [5.74, 6) is 0. The van der Waals surface area contributed by atoms with Crippen molar-refractivity contribution in [3.63, 3.8) is 0 Å². The van der Waals surface area contributed by atoms with Crippen LogP contribution in [0.15, 0.2) is 15.9 Å². The summed E-state index contributed by atoms with van der Waals surface area (Å²) in [4.78, 5) is 0.985. The molecule has 0 radical (unpaired) electrons. The molecule has 0 aliphatic heterocycles. The van der Waals surface area contributed by atoms with E-state index >= 15 is 0 Å². The molecule has 1 aliphatic rings. The van der Waals surface area contributed by atoms with Crippen molar-refractivity contribution in [2.75, 3.05) is 7.11 Å². The SMILES string of the molecule is COC1(C(O)c2sccc2Br)CCCC1. The molecule has 1 aromatic heterocycles. The number of thiophene rings is 1. The van der Waals surface area contributed by atoms with Crippen LogP contribution in [-0.2, 0) is 4.74 Å². The van der Waals surface area contributed by atoms with Crippen LogP contribution in [-0.4, -0.2) is 17.8 Å². The zero-order chi connectivity index (χ0) is 10.9. The quantitative estimate of drug-likeness (QED) is 0.923. The number of aliphatic hydroxyl groups is 1. The Hall–Kier alpha value is 0.100. The fraction of sp³-hybridized carbons (Fsp3) is 0.636. The smallest absolute Gasteiger partial charge is 0.118 e. The predicted molar refractivity (Wildman–Crippen MR) is 65.2 cm³/mol. The second-order valence-electron chi connectivity index (χ2n) is 4.01. The van der Waals surface area contributed by atoms with E-state index in [1.54, 1.807) is 18.4 Å². The van der Waals surface area contributed by atoms with Crippen LogP contribution in [0.1, 0.15) is 36.7 Å². The van der Waals surface area contributed by atoms with Crippen LogP contribution >= 0.6 is 27.3 Å². The van der Waals surface area contributed by atoms with Crippen LogP contribution in [0.5, 0.6) is 0 Å². The summed E-state index contributed by atoms with van der Waals surface area (Å²) < 4.78 is 6.56. The van der Waals surface area contributed by atoms with Crippen LogP contribution in [0.3, 0.4) is 0 Å². The van der Waals surface area contributed by atoms with Crippen LogP contribution < -0.4 is 0 Å². The topological polar surface area (TPSA) is 29.5 Å². The second kappa shape index (κ2) is 4.53. The number of methoxy groups -OCH3 is 1. The number of hydrogen-bond acceptors (Lipinski definition) is 3. The minimum Gasteiger partial charge on any atom is -0.384 e. The largest absolute Gasteiger partial charge is 0.384 e. The van der Waals surface area contributed by atoms with Gasteiger partial charge in [-0.1, -0.05) is 12.8 Å². The van der Waals surface area contributed by atoms with Crippen molar-refractivity contribution in [2.24, 2.45) is 0 Å². The van der Waals surface area contributed by atoms with Gasteiger partial charge in [0.05, 0.1) is 10.5 Å². The van der Waals surface area contributed by atoms with Gasteiger partial charge < -0.3 is 9.84 Å². The van der Waals surface area contributed by atoms with Crippen molar-refractivity contribution in [3.8, 4) is 0 Å². The summed E-state index contributed by atoms with van der Waals surface area (Å²) in [6.07, 6.45) is 3.70. The van der Waals surface area contributed by atoms with E-state index in [2.05, 4.69) is 15.9 Å². The van der Waals surface area contributed by atoms with Crippen molar-refractivity contribution in [2.45, 2.75) is 37.4 Å². The molecule has 1 aliphatic carbocycles. The van der Waals surface area contributed by atoms with Gasteiger partial charge in [-0.2, -0.15) is 0 Å². The molecule has 84 valence electrons. The Kier molecular flexibility index (Phi) is 3.50. The number of ether oxygens (including phenoxy) is 1. The molecule has 0 bridgehead atoms. The molecule has 0 spiro atoms. The molecule has 1 saturated carbocycles. The summed E-state index contributed by atoms with van der Waals surface area (Å²) in [6.45, 7) is 0. The zero-order valence-electron chi connectivity index (χ0n) is 8.70. The van der Waals surface area contributed by atoms with Gasteiger partial charge in [-0.05, 0) is 40.2 Å². The Morgan fingerprint density at radius 3 is 2.67 bits per heavy atom. The minimum atomic E-state index is -0.501. The maximum atomic E-state index is 10.4. The van der Waals surface area contributed by atoms with Gasteiger partial charge in [0, 0.05) is 11.6 Å². The third-order valence-corrected chi connectivity index (χ3v) is 5.17. The first-order chi connectivity index (χ1) is 7.19. The molecule has 1 unspecified atom stereocenters. The van der Waals surface area contributed by atoms with E-state index in [9.17, 15) is 5.11 Å². The molecule has 2 rings (SSSR count). The Balaban J connectivity index is 2.26. The highest BCUT2D eigenvalue weighted by molar-refractivity contribution is 9.10. The lowest BCUT2D eigenvalue weighted by molar-refractivity contribution is -0.0989. The number of aliphatic hydroxyl groups excluding tert-OH is 1. The van der Waals surface area contributed by atoms with Gasteiger partial charge in [-0.3, -0.25) is 0 Å². The Bertz CT molecular complexity index is 331. The van der Waals surface area contributed by atoms with E-state index in [1.165, 1.54) is 0 Å². The highest BCUT2D eigenvalue weighted by atomic mass is 79.9. The third kappa shape index (κ3) is 2.00. The summed E-state index contributed by atoms with van der Waals surface area (Å²) in [7, 11) is 1.70. The van der Waals surface area contributed by atoms with Crippen molar-refractivity contribution >= 4 is 27.3 Å². The van der Waals surface area contributed by atoms with Crippen molar-refractivity contribution < 1.29 is 9.84 Å². The Labute approximate surface area is 102 Å². The molecule has 4 heteroatoms. The van der Waals surface area contributed by atoms with Crippen LogP contribution in [0, 0.1) is 0 Å². The number of halogens is 1. The number of rotatable bonds is 3. The highest BCUT2D eigenvalue weighted by Crippen LogP contribution is 2.45. The first-order valence-corrected chi connectivity index (χ1v) is 6.83. The fourth-order valence-corrected chi connectivity index (χ4v) is 3.98. The predicted octanol–water partition coefficient (Wildman–Crippen LogP) is 3.50. The molecule has 0 saturated heterocycles. The normalized spacial score (nSPS) is 21.8. The van der Waals surface area contributed by atoms with Crippen molar-refractivity contribution in [1.29, 1.82) is 0 Å². The first kappa shape index (κ1) is 11.6. The molecule has 0 amide bonds. The average Bonchev–Trinajstić information content (AvgIpc) is 2.86. The molecule has 0 aromatic carbocycles. The third-order valence-electron chi connectivity index (χ3n) is 3.25. The standard InChI is InChI=1S/C11H15BrO2S/c1-14-11(5-2-3-6-11)10(13)9-8(12)4-7-15-9/h4,7,10,13H,2-3,5-6H2,1H3. The molecule has 1 aromatic rings. The van der Waals surface area contributed by atoms with Gasteiger partial charge in [0.15, 0.2) is 0 Å². The van der Waals surface area contributed by atoms with Crippen LogP contribution in [0.4, 0.5) is 0 Å².